The quantitative estimate of drug-likeness (QED) is 0.0283. The van der Waals surface area contributed by atoms with E-state index in [-0.39, 0.29) is 63.5 Å². The maximum atomic E-state index is 14.2. The highest BCUT2D eigenvalue weighted by Gasteiger charge is 2.39. The Bertz CT molecular complexity index is 1810. The van der Waals surface area contributed by atoms with Crippen LogP contribution in [0.15, 0.2) is 115 Å². The monoisotopic (exact) mass is 754 g/mol. The van der Waals surface area contributed by atoms with Gasteiger partial charge in [0.15, 0.2) is 0 Å². The summed E-state index contributed by atoms with van der Waals surface area (Å²) in [6.45, 7) is -0.234. The van der Waals surface area contributed by atoms with Gasteiger partial charge in [-0.3, -0.25) is 19.7 Å². The zero-order valence-electron chi connectivity index (χ0n) is 30.0. The largest absolute Gasteiger partial charge is 0.461 e. The standard InChI is InChI=1S/C40H42N4O11/c41-25-11-10-18-35(43(39(48)53-27-30-14-6-2-7-15-30)40(49)54-28-31-16-8-3-9-17-31)37(46)42-34(23-24-36(45)52-26-29-12-4-1-5-13-29)38(47)55-33-21-19-32(20-22-33)44(50)51/h1-9,12-17,19-22,34-35H,10-11,18,23-28,41H2,(H,42,46)/t34-,35-/m0/s1. The minimum absolute atomic E-state index is 0.0295. The fraction of sp³-hybridized carbons (Fsp3) is 0.275. The lowest BCUT2D eigenvalue weighted by atomic mass is 10.1. The highest BCUT2D eigenvalue weighted by Crippen LogP contribution is 2.20. The molecule has 3 N–H and O–H groups in total. The number of amides is 3. The third-order valence-corrected chi connectivity index (χ3v) is 8.10. The number of nitro groups is 1. The maximum Gasteiger partial charge on any atom is 0.420 e. The van der Waals surface area contributed by atoms with Crippen LogP contribution in [-0.4, -0.2) is 58.5 Å². The van der Waals surface area contributed by atoms with Crippen molar-refractivity contribution in [1.29, 1.82) is 0 Å². The number of benzene rings is 4. The Labute approximate surface area is 317 Å². The topological polar surface area (TPSA) is 207 Å². The van der Waals surface area contributed by atoms with Gasteiger partial charge in [-0.15, -0.1) is 0 Å². The number of hydrogen-bond donors (Lipinski definition) is 2. The number of unbranched alkanes of at least 4 members (excludes halogenated alkanes) is 1. The summed E-state index contributed by atoms with van der Waals surface area (Å²) in [6, 6.07) is 27.9. The van der Waals surface area contributed by atoms with Gasteiger partial charge < -0.3 is 30.0 Å². The summed E-state index contributed by atoms with van der Waals surface area (Å²) in [5.41, 5.74) is 7.44. The van der Waals surface area contributed by atoms with E-state index in [4.69, 9.17) is 24.7 Å². The molecule has 4 rings (SSSR count). The van der Waals surface area contributed by atoms with Crippen LogP contribution in [-0.2, 0) is 48.4 Å². The smallest absolute Gasteiger partial charge is 0.420 e. The van der Waals surface area contributed by atoms with Gasteiger partial charge in [0.25, 0.3) is 5.69 Å². The first-order valence-electron chi connectivity index (χ1n) is 17.5. The van der Waals surface area contributed by atoms with Gasteiger partial charge in [-0.1, -0.05) is 91.0 Å². The van der Waals surface area contributed by atoms with Crippen LogP contribution in [0.2, 0.25) is 0 Å². The van der Waals surface area contributed by atoms with Crippen LogP contribution in [0.1, 0.15) is 48.8 Å². The van der Waals surface area contributed by atoms with Gasteiger partial charge in [0.1, 0.15) is 37.7 Å². The van der Waals surface area contributed by atoms with Crippen LogP contribution in [0.4, 0.5) is 15.3 Å². The van der Waals surface area contributed by atoms with Crippen LogP contribution in [0, 0.1) is 10.1 Å². The zero-order valence-corrected chi connectivity index (χ0v) is 30.0. The fourth-order valence-corrected chi connectivity index (χ4v) is 5.18. The number of imide groups is 1. The summed E-state index contributed by atoms with van der Waals surface area (Å²) in [6.07, 6.45) is -2.38. The van der Waals surface area contributed by atoms with Gasteiger partial charge >= 0.3 is 24.1 Å². The summed E-state index contributed by atoms with van der Waals surface area (Å²) in [4.78, 5) is 78.9. The third-order valence-electron chi connectivity index (χ3n) is 8.10. The lowest BCUT2D eigenvalue weighted by molar-refractivity contribution is -0.384. The Morgan fingerprint density at radius 1 is 0.673 bits per heavy atom. The molecule has 3 amide bonds. The molecule has 288 valence electrons. The zero-order chi connectivity index (χ0) is 39.4. The van der Waals surface area contributed by atoms with Crippen molar-refractivity contribution in [3.05, 3.63) is 142 Å². The van der Waals surface area contributed by atoms with Crippen molar-refractivity contribution in [3.8, 4) is 5.75 Å². The van der Waals surface area contributed by atoms with Crippen molar-refractivity contribution >= 4 is 35.7 Å². The first-order valence-corrected chi connectivity index (χ1v) is 17.5. The van der Waals surface area contributed by atoms with Crippen LogP contribution in [0.3, 0.4) is 0 Å². The van der Waals surface area contributed by atoms with Gasteiger partial charge in [0.05, 0.1) is 4.92 Å². The van der Waals surface area contributed by atoms with E-state index in [1.165, 1.54) is 12.1 Å². The average Bonchev–Trinajstić information content (AvgIpc) is 3.20. The number of carbonyl (C=O) groups excluding carboxylic acids is 5. The highest BCUT2D eigenvalue weighted by atomic mass is 16.6. The van der Waals surface area contributed by atoms with Crippen molar-refractivity contribution in [1.82, 2.24) is 10.2 Å². The van der Waals surface area contributed by atoms with Crippen LogP contribution < -0.4 is 15.8 Å². The van der Waals surface area contributed by atoms with Crippen molar-refractivity contribution < 1.29 is 47.8 Å². The van der Waals surface area contributed by atoms with E-state index >= 15 is 0 Å². The Balaban J connectivity index is 1.58. The van der Waals surface area contributed by atoms with Crippen LogP contribution >= 0.6 is 0 Å². The van der Waals surface area contributed by atoms with Gasteiger partial charge in [0, 0.05) is 18.6 Å². The molecule has 0 radical (unpaired) electrons. The van der Waals surface area contributed by atoms with Crippen LogP contribution in [0.25, 0.3) is 0 Å². The van der Waals surface area contributed by atoms with E-state index in [0.717, 1.165) is 17.7 Å². The lowest BCUT2D eigenvalue weighted by Gasteiger charge is -2.29. The molecule has 0 fully saturated rings. The number of hydrogen-bond acceptors (Lipinski definition) is 12. The molecule has 0 saturated carbocycles. The number of carbonyl (C=O) groups is 5. The number of rotatable bonds is 19. The van der Waals surface area contributed by atoms with Gasteiger partial charge in [-0.05, 0) is 61.1 Å². The third kappa shape index (κ3) is 13.7. The molecule has 0 heterocycles. The second-order valence-electron chi connectivity index (χ2n) is 12.2. The molecule has 4 aromatic rings. The van der Waals surface area contributed by atoms with Crippen molar-refractivity contribution in [2.24, 2.45) is 5.73 Å². The van der Waals surface area contributed by atoms with E-state index in [9.17, 15) is 34.1 Å². The maximum absolute atomic E-state index is 14.2. The predicted octanol–water partition coefficient (Wildman–Crippen LogP) is 5.98. The van der Waals surface area contributed by atoms with E-state index in [1.54, 1.807) is 84.9 Å². The second-order valence-corrected chi connectivity index (χ2v) is 12.2. The molecule has 55 heavy (non-hydrogen) atoms. The summed E-state index contributed by atoms with van der Waals surface area (Å²) >= 11 is 0. The van der Waals surface area contributed by atoms with Crippen molar-refractivity contribution in [3.63, 3.8) is 0 Å². The van der Waals surface area contributed by atoms with Crippen molar-refractivity contribution in [2.75, 3.05) is 6.54 Å². The predicted molar refractivity (Wildman–Crippen MR) is 198 cm³/mol. The molecule has 0 spiro atoms. The molecule has 0 aliphatic carbocycles. The average molecular weight is 755 g/mol. The summed E-state index contributed by atoms with van der Waals surface area (Å²) in [5.74, 6) is -2.73. The number of nitrogens with one attached hydrogen (secondary N) is 1. The lowest BCUT2D eigenvalue weighted by Crippen LogP contribution is -2.56. The molecule has 0 bridgehead atoms. The summed E-state index contributed by atoms with van der Waals surface area (Å²) in [5, 5.41) is 13.7. The number of ether oxygens (including phenoxy) is 4. The molecule has 0 unspecified atom stereocenters. The van der Waals surface area contributed by atoms with Gasteiger partial charge in [0.2, 0.25) is 5.91 Å². The van der Waals surface area contributed by atoms with E-state index in [1.807, 2.05) is 6.07 Å². The fourth-order valence-electron chi connectivity index (χ4n) is 5.18. The Kier molecular flexibility index (Phi) is 16.3. The second kappa shape index (κ2) is 21.8. The molecule has 0 aliphatic heterocycles. The summed E-state index contributed by atoms with van der Waals surface area (Å²) in [7, 11) is 0. The molecule has 2 atom stereocenters. The van der Waals surface area contributed by atoms with E-state index in [2.05, 4.69) is 5.32 Å². The summed E-state index contributed by atoms with van der Waals surface area (Å²) < 4.78 is 21.8. The minimum Gasteiger partial charge on any atom is -0.461 e. The van der Waals surface area contributed by atoms with Crippen molar-refractivity contribution in [2.45, 2.75) is 64.0 Å². The normalized spacial score (nSPS) is 11.7. The first-order chi connectivity index (χ1) is 26.6. The first kappa shape index (κ1) is 41.2. The molecule has 15 heteroatoms. The number of nitro benzene ring substituents is 1. The Morgan fingerprint density at radius 3 is 1.64 bits per heavy atom. The SMILES string of the molecule is NCCCC[C@@H](C(=O)N[C@@H](CCC(=O)OCc1ccccc1)C(=O)Oc1ccc([N+](=O)[O-])cc1)N(C(=O)OCc1ccccc1)C(=O)OCc1ccccc1. The number of nitrogens with zero attached hydrogens (tertiary/aromatic N) is 2. The molecule has 4 aromatic carbocycles. The number of non-ortho nitro benzene ring substituents is 1. The molecule has 0 aliphatic rings. The number of esters is 2. The molecular weight excluding hydrogens is 712 g/mol. The Morgan fingerprint density at radius 2 is 1.16 bits per heavy atom. The van der Waals surface area contributed by atoms with E-state index < -0.39 is 47.0 Å². The molecule has 0 saturated heterocycles. The van der Waals surface area contributed by atoms with Gasteiger partial charge in [-0.25, -0.2) is 14.4 Å². The molecular formula is C40H42N4O11. The highest BCUT2D eigenvalue weighted by molar-refractivity contribution is 5.97. The molecule has 0 aromatic heterocycles. The van der Waals surface area contributed by atoms with Gasteiger partial charge in [-0.2, -0.15) is 4.90 Å². The van der Waals surface area contributed by atoms with E-state index in [0.29, 0.717) is 22.4 Å². The Hall–Kier alpha value is -6.61. The molecule has 15 nitrogen and oxygen atoms in total. The minimum atomic E-state index is -1.56. The number of nitrogens with two attached hydrogens (primary N) is 1. The van der Waals surface area contributed by atoms with Crippen LogP contribution in [0.5, 0.6) is 5.75 Å².